The summed E-state index contributed by atoms with van der Waals surface area (Å²) in [5, 5.41) is 0. The molecule has 0 aromatic carbocycles. The molecule has 2 rings (SSSR count). The fraction of sp³-hybridized carbons (Fsp3) is 0.714. The Balaban J connectivity index is 2.01. The fourth-order valence-electron chi connectivity index (χ4n) is 3.03. The van der Waals surface area contributed by atoms with Gasteiger partial charge in [0, 0.05) is 12.1 Å². The van der Waals surface area contributed by atoms with Crippen molar-refractivity contribution in [1.29, 1.82) is 0 Å². The summed E-state index contributed by atoms with van der Waals surface area (Å²) in [7, 11) is 1.91. The number of furan rings is 1. The summed E-state index contributed by atoms with van der Waals surface area (Å²) in [5.41, 5.74) is 5.52. The van der Waals surface area contributed by atoms with Crippen LogP contribution in [0.1, 0.15) is 31.4 Å². The largest absolute Gasteiger partial charge is 0.468 e. The highest BCUT2D eigenvalue weighted by molar-refractivity contribution is 5.02. The molecule has 0 amide bonds. The first-order chi connectivity index (χ1) is 9.37. The van der Waals surface area contributed by atoms with E-state index in [0.29, 0.717) is 25.9 Å². The Kier molecular flexibility index (Phi) is 4.44. The summed E-state index contributed by atoms with van der Waals surface area (Å²) in [6.45, 7) is 0.940. The predicted molar refractivity (Wildman–Crippen MR) is 70.0 cm³/mol. The van der Waals surface area contributed by atoms with Crippen LogP contribution in [0.4, 0.5) is 13.2 Å². The van der Waals surface area contributed by atoms with E-state index in [2.05, 4.69) is 0 Å². The summed E-state index contributed by atoms with van der Waals surface area (Å²) in [5.74, 6) is -0.377. The standard InChI is InChI=1S/C14H21F3N2O/c1-19(9-12-3-2-8-20-12)13(10-18)6-4-11(5-7-13)14(15,16)17/h2-3,8,11H,4-7,9-10,18H2,1H3. The smallest absolute Gasteiger partial charge is 0.391 e. The van der Waals surface area contributed by atoms with Gasteiger partial charge in [-0.2, -0.15) is 13.2 Å². The van der Waals surface area contributed by atoms with Crippen molar-refractivity contribution in [2.75, 3.05) is 13.6 Å². The molecule has 0 radical (unpaired) electrons. The van der Waals surface area contributed by atoms with Crippen molar-refractivity contribution in [3.05, 3.63) is 24.2 Å². The van der Waals surface area contributed by atoms with Crippen LogP contribution in [0.5, 0.6) is 0 Å². The van der Waals surface area contributed by atoms with Gasteiger partial charge in [-0.1, -0.05) is 0 Å². The average molecular weight is 290 g/mol. The lowest BCUT2D eigenvalue weighted by atomic mass is 9.75. The number of nitrogens with two attached hydrogens (primary N) is 1. The lowest BCUT2D eigenvalue weighted by Gasteiger charge is -2.46. The molecular formula is C14H21F3N2O. The fourth-order valence-corrected chi connectivity index (χ4v) is 3.03. The van der Waals surface area contributed by atoms with E-state index in [-0.39, 0.29) is 18.4 Å². The maximum absolute atomic E-state index is 12.7. The molecule has 1 aliphatic carbocycles. The van der Waals surface area contributed by atoms with E-state index in [1.165, 1.54) is 0 Å². The van der Waals surface area contributed by atoms with Crippen molar-refractivity contribution in [2.45, 2.75) is 43.9 Å². The second-order valence-electron chi connectivity index (χ2n) is 5.68. The molecule has 1 saturated carbocycles. The SMILES string of the molecule is CN(Cc1ccco1)C1(CN)CCC(C(F)(F)F)CC1. The molecule has 6 heteroatoms. The molecule has 2 N–H and O–H groups in total. The van der Waals surface area contributed by atoms with Crippen LogP contribution in [0.3, 0.4) is 0 Å². The predicted octanol–water partition coefficient (Wildman–Crippen LogP) is 3.16. The monoisotopic (exact) mass is 290 g/mol. The van der Waals surface area contributed by atoms with Crippen molar-refractivity contribution in [3.63, 3.8) is 0 Å². The van der Waals surface area contributed by atoms with Gasteiger partial charge in [0.25, 0.3) is 0 Å². The molecule has 1 aliphatic rings. The van der Waals surface area contributed by atoms with E-state index in [1.807, 2.05) is 18.0 Å². The van der Waals surface area contributed by atoms with Gasteiger partial charge < -0.3 is 10.2 Å². The number of rotatable bonds is 4. The molecule has 0 atom stereocenters. The zero-order valence-electron chi connectivity index (χ0n) is 11.6. The van der Waals surface area contributed by atoms with Crippen LogP contribution >= 0.6 is 0 Å². The van der Waals surface area contributed by atoms with Gasteiger partial charge in [-0.3, -0.25) is 4.90 Å². The van der Waals surface area contributed by atoms with Crippen LogP contribution in [0, 0.1) is 5.92 Å². The van der Waals surface area contributed by atoms with Crippen molar-refractivity contribution < 1.29 is 17.6 Å². The van der Waals surface area contributed by atoms with Gasteiger partial charge in [0.2, 0.25) is 0 Å². The van der Waals surface area contributed by atoms with E-state index in [4.69, 9.17) is 10.2 Å². The van der Waals surface area contributed by atoms with Gasteiger partial charge in [0.1, 0.15) is 5.76 Å². The Morgan fingerprint density at radius 2 is 2.05 bits per heavy atom. The minimum absolute atomic E-state index is 0.156. The zero-order valence-corrected chi connectivity index (χ0v) is 11.6. The Labute approximate surface area is 116 Å². The first-order valence-electron chi connectivity index (χ1n) is 6.88. The topological polar surface area (TPSA) is 42.4 Å². The first-order valence-corrected chi connectivity index (χ1v) is 6.88. The summed E-state index contributed by atoms with van der Waals surface area (Å²) in [4.78, 5) is 2.04. The summed E-state index contributed by atoms with van der Waals surface area (Å²) >= 11 is 0. The van der Waals surface area contributed by atoms with Crippen molar-refractivity contribution in [1.82, 2.24) is 4.90 Å². The van der Waals surface area contributed by atoms with Crippen LogP contribution in [0.25, 0.3) is 0 Å². The zero-order chi connectivity index (χ0) is 14.8. The van der Waals surface area contributed by atoms with Crippen LogP contribution in [-0.2, 0) is 6.54 Å². The van der Waals surface area contributed by atoms with Gasteiger partial charge >= 0.3 is 6.18 Å². The number of hydrogen-bond donors (Lipinski definition) is 1. The molecule has 20 heavy (non-hydrogen) atoms. The average Bonchev–Trinajstić information content (AvgIpc) is 2.90. The minimum Gasteiger partial charge on any atom is -0.468 e. The van der Waals surface area contributed by atoms with Gasteiger partial charge in [-0.15, -0.1) is 0 Å². The van der Waals surface area contributed by atoms with Gasteiger partial charge in [0.15, 0.2) is 0 Å². The highest BCUT2D eigenvalue weighted by Crippen LogP contribution is 2.43. The van der Waals surface area contributed by atoms with Crippen LogP contribution in [-0.4, -0.2) is 30.2 Å². The van der Waals surface area contributed by atoms with E-state index >= 15 is 0 Å². The first kappa shape index (κ1) is 15.4. The molecular weight excluding hydrogens is 269 g/mol. The normalized spacial score (nSPS) is 28.0. The highest BCUT2D eigenvalue weighted by atomic mass is 19.4. The molecule has 0 spiro atoms. The highest BCUT2D eigenvalue weighted by Gasteiger charge is 2.46. The van der Waals surface area contributed by atoms with Crippen LogP contribution in [0.15, 0.2) is 22.8 Å². The summed E-state index contributed by atoms with van der Waals surface area (Å²) < 4.78 is 43.5. The molecule has 0 saturated heterocycles. The maximum atomic E-state index is 12.7. The quantitative estimate of drug-likeness (QED) is 0.926. The van der Waals surface area contributed by atoms with E-state index < -0.39 is 12.1 Å². The Bertz CT molecular complexity index is 409. The van der Waals surface area contributed by atoms with Crippen molar-refractivity contribution in [2.24, 2.45) is 11.7 Å². The van der Waals surface area contributed by atoms with E-state index in [9.17, 15) is 13.2 Å². The second-order valence-corrected chi connectivity index (χ2v) is 5.68. The van der Waals surface area contributed by atoms with Crippen molar-refractivity contribution >= 4 is 0 Å². The molecule has 1 heterocycles. The molecule has 1 aromatic heterocycles. The third kappa shape index (κ3) is 3.17. The van der Waals surface area contributed by atoms with Crippen LogP contribution in [0.2, 0.25) is 0 Å². The molecule has 0 unspecified atom stereocenters. The number of alkyl halides is 3. The number of halogens is 3. The molecule has 1 fully saturated rings. The Morgan fingerprint density at radius 1 is 1.40 bits per heavy atom. The van der Waals surface area contributed by atoms with E-state index in [1.54, 1.807) is 12.3 Å². The summed E-state index contributed by atoms with van der Waals surface area (Å²) in [6, 6.07) is 3.67. The third-order valence-electron chi connectivity index (χ3n) is 4.54. The lowest BCUT2D eigenvalue weighted by molar-refractivity contribution is -0.188. The number of likely N-dealkylation sites (N-methyl/N-ethyl adjacent to an activating group) is 1. The number of nitrogens with zero attached hydrogens (tertiary/aromatic N) is 1. The minimum atomic E-state index is -4.08. The van der Waals surface area contributed by atoms with Gasteiger partial charge in [0.05, 0.1) is 18.7 Å². The van der Waals surface area contributed by atoms with Crippen LogP contribution < -0.4 is 5.73 Å². The molecule has 1 aromatic rings. The molecule has 0 bridgehead atoms. The van der Waals surface area contributed by atoms with Crippen molar-refractivity contribution in [3.8, 4) is 0 Å². The lowest BCUT2D eigenvalue weighted by Crippen LogP contribution is -2.54. The Morgan fingerprint density at radius 3 is 2.50 bits per heavy atom. The number of hydrogen-bond acceptors (Lipinski definition) is 3. The van der Waals surface area contributed by atoms with Gasteiger partial charge in [-0.25, -0.2) is 0 Å². The molecule has 3 nitrogen and oxygen atoms in total. The second kappa shape index (κ2) is 5.77. The maximum Gasteiger partial charge on any atom is 0.391 e. The summed E-state index contributed by atoms with van der Waals surface area (Å²) in [6.07, 6.45) is -1.22. The van der Waals surface area contributed by atoms with Gasteiger partial charge in [-0.05, 0) is 44.9 Å². The molecule has 0 aliphatic heterocycles. The Hall–Kier alpha value is -1.01. The molecule has 114 valence electrons. The third-order valence-corrected chi connectivity index (χ3v) is 4.54. The van der Waals surface area contributed by atoms with E-state index in [0.717, 1.165) is 5.76 Å².